The number of piperidine rings is 1. The zero-order valence-electron chi connectivity index (χ0n) is 38.6. The molecule has 1 aliphatic carbocycles. The zero-order valence-corrected chi connectivity index (χ0v) is 38.6. The first-order chi connectivity index (χ1) is 29.3. The number of nitrogens with zero attached hydrogens (tertiary/aromatic N) is 1. The maximum atomic E-state index is 13.4. The van der Waals surface area contributed by atoms with Gasteiger partial charge in [-0.15, -0.1) is 0 Å². The molecule has 1 amide bonds. The summed E-state index contributed by atoms with van der Waals surface area (Å²) in [4.78, 5) is 64.5. The van der Waals surface area contributed by atoms with Gasteiger partial charge in [-0.3, -0.25) is 19.2 Å². The number of likely N-dealkylation sites (tertiary alicyclic amines) is 1. The van der Waals surface area contributed by atoms with Crippen molar-refractivity contribution in [3.05, 3.63) is 47.6 Å². The van der Waals surface area contributed by atoms with Crippen molar-refractivity contribution in [3.63, 3.8) is 0 Å². The SMILES string of the molecule is COC1CC(C[C@@H](C)CCC(=O)[C@H](C)/C=C(\C)C(O)[C@@H](OC)C(=O)C(C)C[C@H](C)/C=C/C=C/C=C(\C)CCCCCC2OC2(O)C(=O)C(=O)N2CCCCC2C(=O)O)CCC1O. The Kier molecular flexibility index (Phi) is 22.1. The van der Waals surface area contributed by atoms with Gasteiger partial charge in [-0.25, -0.2) is 4.79 Å². The maximum absolute atomic E-state index is 13.4. The van der Waals surface area contributed by atoms with Crippen molar-refractivity contribution >= 4 is 29.2 Å². The Labute approximate surface area is 370 Å². The largest absolute Gasteiger partial charge is 0.480 e. The number of hydrogen-bond acceptors (Lipinski definition) is 11. The summed E-state index contributed by atoms with van der Waals surface area (Å²) in [6.45, 7) is 11.8. The van der Waals surface area contributed by atoms with Gasteiger partial charge in [-0.2, -0.15) is 0 Å². The zero-order chi connectivity index (χ0) is 46.1. The fourth-order valence-corrected chi connectivity index (χ4v) is 9.11. The van der Waals surface area contributed by atoms with Crippen LogP contribution in [0.4, 0.5) is 0 Å². The number of aliphatic hydroxyl groups is 3. The second-order valence-corrected chi connectivity index (χ2v) is 18.5. The molecule has 0 aromatic rings. The molecule has 3 aliphatic rings. The lowest BCUT2D eigenvalue weighted by molar-refractivity contribution is -0.161. The molecule has 0 aromatic carbocycles. The Morgan fingerprint density at radius 3 is 2.34 bits per heavy atom. The van der Waals surface area contributed by atoms with Crippen molar-refractivity contribution in [1.29, 1.82) is 0 Å². The number of ketones is 3. The quantitative estimate of drug-likeness (QED) is 0.0220. The first-order valence-corrected chi connectivity index (χ1v) is 23.0. The monoisotopic (exact) mass is 872 g/mol. The molecule has 0 radical (unpaired) electrons. The summed E-state index contributed by atoms with van der Waals surface area (Å²) >= 11 is 0. The van der Waals surface area contributed by atoms with Crippen LogP contribution in [0.1, 0.15) is 138 Å². The molecule has 2 heterocycles. The summed E-state index contributed by atoms with van der Waals surface area (Å²) in [6, 6.07) is -1.06. The van der Waals surface area contributed by atoms with Crippen LogP contribution in [0.3, 0.4) is 0 Å². The first kappa shape index (κ1) is 53.0. The molecule has 13 nitrogen and oxygen atoms in total. The molecular weight excluding hydrogens is 795 g/mol. The van der Waals surface area contributed by atoms with Gasteiger partial charge < -0.3 is 39.5 Å². The van der Waals surface area contributed by atoms with Gasteiger partial charge in [0.05, 0.1) is 12.2 Å². The van der Waals surface area contributed by atoms with Crippen LogP contribution in [0.5, 0.6) is 0 Å². The second-order valence-electron chi connectivity index (χ2n) is 18.5. The van der Waals surface area contributed by atoms with Gasteiger partial charge in [-0.1, -0.05) is 82.6 Å². The van der Waals surface area contributed by atoms with Crippen molar-refractivity contribution in [2.75, 3.05) is 20.8 Å². The summed E-state index contributed by atoms with van der Waals surface area (Å²) in [5.74, 6) is -5.32. The van der Waals surface area contributed by atoms with Crippen molar-refractivity contribution < 1.29 is 58.6 Å². The lowest BCUT2D eigenvalue weighted by atomic mass is 9.79. The number of methoxy groups -OCH3 is 2. The average molecular weight is 872 g/mol. The standard InChI is InChI=1S/C49H77NO12/c1-31(18-12-10-14-21-42-49(59,62-42)46(55)47(56)50-26-16-15-20-38(50)48(57)58)17-11-9-13-19-32(2)27-35(5)43(53)45(61-8)44(54)36(6)29-34(4)39(51)24-22-33(3)28-37-23-25-40(52)41(30-37)60-7/h9,11,13,17,19,29,32-35,37-38,40-42,44-45,52,54,59H,10,12,14-16,18,20-28,30H2,1-8H3,(H,57,58)/b11-9+,19-13+,31-17+,36-29+/t32-,33+,34-,35?,37?,38?,40?,41?,42?,44?,45+,49?/m1/s1. The van der Waals surface area contributed by atoms with E-state index in [9.17, 15) is 44.4 Å². The molecule has 2 saturated heterocycles. The van der Waals surface area contributed by atoms with Crippen LogP contribution >= 0.6 is 0 Å². The van der Waals surface area contributed by atoms with E-state index in [4.69, 9.17) is 14.2 Å². The summed E-state index contributed by atoms with van der Waals surface area (Å²) in [5, 5.41) is 41.3. The molecule has 8 unspecified atom stereocenters. The molecule has 2 aliphatic heterocycles. The number of carbonyl (C=O) groups excluding carboxylic acids is 4. The summed E-state index contributed by atoms with van der Waals surface area (Å²) in [5.41, 5.74) is 1.72. The van der Waals surface area contributed by atoms with E-state index in [1.807, 2.05) is 58.1 Å². The Balaban J connectivity index is 1.34. The Morgan fingerprint density at radius 2 is 1.66 bits per heavy atom. The van der Waals surface area contributed by atoms with Crippen molar-refractivity contribution in [2.24, 2.45) is 29.6 Å². The number of epoxide rings is 1. The van der Waals surface area contributed by atoms with Crippen LogP contribution in [0.2, 0.25) is 0 Å². The molecular formula is C49H77NO12. The molecule has 3 rings (SSSR count). The van der Waals surface area contributed by atoms with E-state index in [1.165, 1.54) is 12.7 Å². The van der Waals surface area contributed by atoms with Crippen molar-refractivity contribution in [1.82, 2.24) is 4.90 Å². The number of aliphatic carboxylic acids is 1. The number of amides is 1. The summed E-state index contributed by atoms with van der Waals surface area (Å²) in [7, 11) is 3.06. The third kappa shape index (κ3) is 16.0. The first-order valence-electron chi connectivity index (χ1n) is 23.0. The fraction of sp³-hybridized carbons (Fsp3) is 0.735. The predicted octanol–water partition coefficient (Wildman–Crippen LogP) is 6.86. The van der Waals surface area contributed by atoms with E-state index in [2.05, 4.69) is 6.92 Å². The van der Waals surface area contributed by atoms with Crippen LogP contribution in [0.25, 0.3) is 0 Å². The number of carboxylic acids is 1. The molecule has 0 bridgehead atoms. The second kappa shape index (κ2) is 25.8. The number of hydrogen-bond donors (Lipinski definition) is 4. The highest BCUT2D eigenvalue weighted by atomic mass is 16.7. The van der Waals surface area contributed by atoms with Gasteiger partial charge in [0.25, 0.3) is 17.5 Å². The minimum absolute atomic E-state index is 0.0917. The number of rotatable bonds is 27. The van der Waals surface area contributed by atoms with Gasteiger partial charge in [0.2, 0.25) is 0 Å². The van der Waals surface area contributed by atoms with Gasteiger partial charge >= 0.3 is 5.97 Å². The molecule has 12 atom stereocenters. The van der Waals surface area contributed by atoms with Crippen LogP contribution in [0, 0.1) is 29.6 Å². The number of carbonyl (C=O) groups is 5. The molecule has 1 saturated carbocycles. The third-order valence-electron chi connectivity index (χ3n) is 13.2. The molecule has 350 valence electrons. The van der Waals surface area contributed by atoms with Crippen molar-refractivity contribution in [3.8, 4) is 0 Å². The topological polar surface area (TPSA) is 200 Å². The van der Waals surface area contributed by atoms with Gasteiger partial charge in [0.15, 0.2) is 5.78 Å². The average Bonchev–Trinajstić information content (AvgIpc) is 3.92. The minimum atomic E-state index is -2.16. The van der Waals surface area contributed by atoms with E-state index < -0.39 is 59.8 Å². The van der Waals surface area contributed by atoms with E-state index in [0.29, 0.717) is 55.9 Å². The number of ether oxygens (including phenoxy) is 3. The van der Waals surface area contributed by atoms with Crippen LogP contribution < -0.4 is 0 Å². The van der Waals surface area contributed by atoms with E-state index >= 15 is 0 Å². The number of Topliss-reactive ketones (excluding diaryl/α,β-unsaturated/α-hetero) is 3. The molecule has 4 N–H and O–H groups in total. The molecule has 0 spiro atoms. The van der Waals surface area contributed by atoms with Crippen LogP contribution in [-0.4, -0.2) is 118 Å². The van der Waals surface area contributed by atoms with Gasteiger partial charge in [0, 0.05) is 39.0 Å². The van der Waals surface area contributed by atoms with Gasteiger partial charge in [-0.05, 0) is 114 Å². The number of allylic oxidation sites excluding steroid dienone is 7. The minimum Gasteiger partial charge on any atom is -0.480 e. The molecule has 3 fully saturated rings. The summed E-state index contributed by atoms with van der Waals surface area (Å²) < 4.78 is 16.2. The van der Waals surface area contributed by atoms with E-state index in [1.54, 1.807) is 20.1 Å². The summed E-state index contributed by atoms with van der Waals surface area (Å²) in [6.07, 6.45) is 18.8. The highest BCUT2D eigenvalue weighted by Gasteiger charge is 2.64. The smallest absolute Gasteiger partial charge is 0.326 e. The Bertz CT molecular complexity index is 1620. The highest BCUT2D eigenvalue weighted by Crippen LogP contribution is 2.39. The van der Waals surface area contributed by atoms with Crippen molar-refractivity contribution in [2.45, 2.75) is 180 Å². The van der Waals surface area contributed by atoms with Gasteiger partial charge in [0.1, 0.15) is 30.1 Å². The van der Waals surface area contributed by atoms with Crippen LogP contribution in [-0.2, 0) is 38.2 Å². The fourth-order valence-electron chi connectivity index (χ4n) is 9.11. The lowest BCUT2D eigenvalue weighted by Crippen LogP contribution is -2.53. The third-order valence-corrected chi connectivity index (χ3v) is 13.2. The Morgan fingerprint density at radius 1 is 0.935 bits per heavy atom. The normalized spacial score (nSPS) is 27.7. The molecule has 13 heteroatoms. The number of carboxylic acid groups (broad SMARTS) is 1. The van der Waals surface area contributed by atoms with E-state index in [-0.39, 0.29) is 42.5 Å². The maximum Gasteiger partial charge on any atom is 0.326 e. The predicted molar refractivity (Wildman–Crippen MR) is 237 cm³/mol. The molecule has 62 heavy (non-hydrogen) atoms. The Hall–Kier alpha value is -3.33. The number of aliphatic hydroxyl groups excluding tert-OH is 2. The molecule has 0 aromatic heterocycles. The highest BCUT2D eigenvalue weighted by molar-refractivity contribution is 6.39. The number of unbranched alkanes of at least 4 members (excludes halogenated alkanes) is 2. The lowest BCUT2D eigenvalue weighted by Gasteiger charge is -2.33. The van der Waals surface area contributed by atoms with E-state index in [0.717, 1.165) is 56.3 Å². The van der Waals surface area contributed by atoms with Crippen LogP contribution in [0.15, 0.2) is 47.6 Å².